The van der Waals surface area contributed by atoms with Gasteiger partial charge in [-0.3, -0.25) is 4.79 Å². The highest BCUT2D eigenvalue weighted by Crippen LogP contribution is 2.28. The van der Waals surface area contributed by atoms with E-state index in [0.29, 0.717) is 0 Å². The van der Waals surface area contributed by atoms with E-state index < -0.39 is 0 Å². The Morgan fingerprint density at radius 1 is 0.935 bits per heavy atom. The minimum Gasteiger partial charge on any atom is -0.325 e. The Hall–Kier alpha value is -3.40. The standard InChI is InChI=1S/C27H29N3O/c1-18-10-15-22(16-19(18)2)28-25(31)17-30-24-9-7-6-8-23(24)29-26(30)20-11-13-21(14-12-20)27(3,4)5/h6-16H,17H2,1-5H3,(H,28,31). The van der Waals surface area contributed by atoms with Crippen LogP contribution in [0.3, 0.4) is 0 Å². The summed E-state index contributed by atoms with van der Waals surface area (Å²) in [4.78, 5) is 17.8. The largest absolute Gasteiger partial charge is 0.325 e. The lowest BCUT2D eigenvalue weighted by Gasteiger charge is -2.19. The molecule has 4 nitrogen and oxygen atoms in total. The van der Waals surface area contributed by atoms with Crippen molar-refractivity contribution in [3.63, 3.8) is 0 Å². The fraction of sp³-hybridized carbons (Fsp3) is 0.259. The minimum absolute atomic E-state index is 0.0704. The van der Waals surface area contributed by atoms with E-state index in [1.165, 1.54) is 11.1 Å². The van der Waals surface area contributed by atoms with Gasteiger partial charge in [0.05, 0.1) is 11.0 Å². The normalized spacial score (nSPS) is 11.6. The zero-order valence-corrected chi connectivity index (χ0v) is 18.9. The Morgan fingerprint density at radius 3 is 2.32 bits per heavy atom. The third-order valence-corrected chi connectivity index (χ3v) is 5.76. The average molecular weight is 412 g/mol. The van der Waals surface area contributed by atoms with Crippen molar-refractivity contribution in [3.05, 3.63) is 83.4 Å². The number of aromatic nitrogens is 2. The molecular formula is C27H29N3O. The molecule has 0 saturated carbocycles. The van der Waals surface area contributed by atoms with Crippen molar-refractivity contribution in [3.8, 4) is 11.4 Å². The molecule has 0 radical (unpaired) electrons. The summed E-state index contributed by atoms with van der Waals surface area (Å²) in [6.07, 6.45) is 0. The van der Waals surface area contributed by atoms with E-state index in [4.69, 9.17) is 4.98 Å². The van der Waals surface area contributed by atoms with Crippen LogP contribution in [0.2, 0.25) is 0 Å². The molecule has 0 saturated heterocycles. The van der Waals surface area contributed by atoms with Gasteiger partial charge < -0.3 is 9.88 Å². The summed E-state index contributed by atoms with van der Waals surface area (Å²) in [5.41, 5.74) is 7.38. The lowest BCUT2D eigenvalue weighted by atomic mass is 9.87. The zero-order chi connectivity index (χ0) is 22.2. The van der Waals surface area contributed by atoms with E-state index in [-0.39, 0.29) is 17.9 Å². The molecule has 1 amide bonds. The predicted octanol–water partition coefficient (Wildman–Crippen LogP) is 6.26. The first-order valence-electron chi connectivity index (χ1n) is 10.7. The minimum atomic E-state index is -0.0704. The van der Waals surface area contributed by atoms with E-state index in [2.05, 4.69) is 57.3 Å². The van der Waals surface area contributed by atoms with Crippen molar-refractivity contribution >= 4 is 22.6 Å². The molecule has 4 heteroatoms. The molecule has 0 bridgehead atoms. The maximum Gasteiger partial charge on any atom is 0.244 e. The van der Waals surface area contributed by atoms with Crippen LogP contribution in [0.25, 0.3) is 22.4 Å². The van der Waals surface area contributed by atoms with Crippen LogP contribution in [0.15, 0.2) is 66.7 Å². The Bertz CT molecular complexity index is 1240. The summed E-state index contributed by atoms with van der Waals surface area (Å²) in [5.74, 6) is 0.732. The summed E-state index contributed by atoms with van der Waals surface area (Å²) in [7, 11) is 0. The van der Waals surface area contributed by atoms with Crippen LogP contribution in [0, 0.1) is 13.8 Å². The number of rotatable bonds is 4. The van der Waals surface area contributed by atoms with Gasteiger partial charge >= 0.3 is 0 Å². The topological polar surface area (TPSA) is 46.9 Å². The number of nitrogens with zero attached hydrogens (tertiary/aromatic N) is 2. The number of imidazole rings is 1. The van der Waals surface area contributed by atoms with Crippen molar-refractivity contribution in [1.29, 1.82) is 0 Å². The molecule has 31 heavy (non-hydrogen) atoms. The van der Waals surface area contributed by atoms with Gasteiger partial charge in [-0.25, -0.2) is 4.98 Å². The second-order valence-electron chi connectivity index (χ2n) is 9.18. The first-order valence-corrected chi connectivity index (χ1v) is 10.7. The molecule has 1 N–H and O–H groups in total. The van der Waals surface area contributed by atoms with Gasteiger partial charge in [0.1, 0.15) is 12.4 Å². The van der Waals surface area contributed by atoms with E-state index >= 15 is 0 Å². The number of carbonyl (C=O) groups excluding carboxylic acids is 1. The number of anilines is 1. The quantitative estimate of drug-likeness (QED) is 0.431. The number of amides is 1. The van der Waals surface area contributed by atoms with Gasteiger partial charge in [-0.15, -0.1) is 0 Å². The number of carbonyl (C=O) groups is 1. The van der Waals surface area contributed by atoms with Crippen LogP contribution in [-0.4, -0.2) is 15.5 Å². The predicted molar refractivity (Wildman–Crippen MR) is 128 cm³/mol. The van der Waals surface area contributed by atoms with Gasteiger partial charge in [-0.2, -0.15) is 0 Å². The van der Waals surface area contributed by atoms with Crippen LogP contribution in [0.5, 0.6) is 0 Å². The maximum absolute atomic E-state index is 12.9. The van der Waals surface area contributed by atoms with Crippen LogP contribution in [0.1, 0.15) is 37.5 Å². The number of benzene rings is 3. The number of fused-ring (bicyclic) bond motifs is 1. The first-order chi connectivity index (χ1) is 14.7. The molecule has 0 aliphatic heterocycles. The summed E-state index contributed by atoms with van der Waals surface area (Å²) >= 11 is 0. The van der Waals surface area contributed by atoms with Crippen molar-refractivity contribution in [1.82, 2.24) is 9.55 Å². The van der Waals surface area contributed by atoms with Gasteiger partial charge in [0, 0.05) is 11.3 Å². The maximum atomic E-state index is 12.9. The van der Waals surface area contributed by atoms with E-state index in [1.54, 1.807) is 0 Å². The van der Waals surface area contributed by atoms with Crippen molar-refractivity contribution < 1.29 is 4.79 Å². The molecule has 0 aliphatic carbocycles. The molecular weight excluding hydrogens is 382 g/mol. The Labute approximate surface area is 183 Å². The van der Waals surface area contributed by atoms with Gasteiger partial charge in [0.2, 0.25) is 5.91 Å². The first kappa shape index (κ1) is 20.9. The number of hydrogen-bond donors (Lipinski definition) is 1. The number of hydrogen-bond acceptors (Lipinski definition) is 2. The Balaban J connectivity index is 1.68. The molecule has 1 aromatic heterocycles. The van der Waals surface area contributed by atoms with Crippen molar-refractivity contribution in [2.45, 2.75) is 46.6 Å². The number of aryl methyl sites for hydroxylation is 2. The lowest BCUT2D eigenvalue weighted by molar-refractivity contribution is -0.116. The molecule has 3 aromatic carbocycles. The third-order valence-electron chi connectivity index (χ3n) is 5.76. The molecule has 1 heterocycles. The molecule has 0 unspecified atom stereocenters. The summed E-state index contributed by atoms with van der Waals surface area (Å²) in [6.45, 7) is 10.9. The molecule has 0 atom stereocenters. The highest BCUT2D eigenvalue weighted by molar-refractivity contribution is 5.92. The van der Waals surface area contributed by atoms with Crippen molar-refractivity contribution in [2.75, 3.05) is 5.32 Å². The van der Waals surface area contributed by atoms with Gasteiger partial charge in [-0.05, 0) is 60.2 Å². The highest BCUT2D eigenvalue weighted by Gasteiger charge is 2.17. The molecule has 158 valence electrons. The van der Waals surface area contributed by atoms with Crippen LogP contribution in [0.4, 0.5) is 5.69 Å². The molecule has 4 aromatic rings. The summed E-state index contributed by atoms with van der Waals surface area (Å²) in [5, 5.41) is 3.03. The second-order valence-corrected chi connectivity index (χ2v) is 9.18. The molecule has 0 fully saturated rings. The highest BCUT2D eigenvalue weighted by atomic mass is 16.1. The fourth-order valence-electron chi connectivity index (χ4n) is 3.74. The van der Waals surface area contributed by atoms with Crippen LogP contribution < -0.4 is 5.32 Å². The van der Waals surface area contributed by atoms with Gasteiger partial charge in [0.25, 0.3) is 0 Å². The van der Waals surface area contributed by atoms with Gasteiger partial charge in [0.15, 0.2) is 0 Å². The second kappa shape index (κ2) is 8.03. The van der Waals surface area contributed by atoms with Crippen molar-refractivity contribution in [2.24, 2.45) is 0 Å². The number of nitrogens with one attached hydrogen (secondary N) is 1. The smallest absolute Gasteiger partial charge is 0.244 e. The SMILES string of the molecule is Cc1ccc(NC(=O)Cn2c(-c3ccc(C(C)(C)C)cc3)nc3ccccc32)cc1C. The molecule has 0 aliphatic rings. The van der Waals surface area contributed by atoms with E-state index in [9.17, 15) is 4.79 Å². The van der Waals surface area contributed by atoms with Crippen LogP contribution in [-0.2, 0) is 16.8 Å². The monoisotopic (exact) mass is 411 g/mol. The third kappa shape index (κ3) is 4.38. The lowest BCUT2D eigenvalue weighted by Crippen LogP contribution is -2.19. The van der Waals surface area contributed by atoms with E-state index in [1.807, 2.05) is 54.0 Å². The van der Waals surface area contributed by atoms with Gasteiger partial charge in [-0.1, -0.05) is 63.2 Å². The summed E-state index contributed by atoms with van der Waals surface area (Å²) < 4.78 is 2.00. The van der Waals surface area contributed by atoms with E-state index in [0.717, 1.165) is 33.7 Å². The Kier molecular flexibility index (Phi) is 5.40. The fourth-order valence-corrected chi connectivity index (χ4v) is 3.74. The van der Waals surface area contributed by atoms with Crippen LogP contribution >= 0.6 is 0 Å². The molecule has 4 rings (SSSR count). The average Bonchev–Trinajstić information content (AvgIpc) is 3.08. The zero-order valence-electron chi connectivity index (χ0n) is 18.9. The molecule has 0 spiro atoms. The Morgan fingerprint density at radius 2 is 1.65 bits per heavy atom. The number of para-hydroxylation sites is 2. The summed E-state index contributed by atoms with van der Waals surface area (Å²) in [6, 6.07) is 22.4.